The predicted octanol–water partition coefficient (Wildman–Crippen LogP) is 3.53. The lowest BCUT2D eigenvalue weighted by molar-refractivity contribution is -0.386. The van der Waals surface area contributed by atoms with Crippen LogP contribution in [0, 0.1) is 15.9 Å². The molecule has 0 bridgehead atoms. The van der Waals surface area contributed by atoms with Gasteiger partial charge >= 0.3 is 5.69 Å². The van der Waals surface area contributed by atoms with Gasteiger partial charge < -0.3 is 10.5 Å². The third-order valence-electron chi connectivity index (χ3n) is 2.77. The first-order valence-corrected chi connectivity index (χ1v) is 6.84. The number of benzene rings is 2. The molecule has 21 heavy (non-hydrogen) atoms. The molecule has 110 valence electrons. The van der Waals surface area contributed by atoms with E-state index in [0.29, 0.717) is 15.6 Å². The molecule has 5 nitrogen and oxygen atoms in total. The molecule has 2 aromatic carbocycles. The van der Waals surface area contributed by atoms with Crippen molar-refractivity contribution in [1.82, 2.24) is 0 Å². The molecule has 0 fully saturated rings. The van der Waals surface area contributed by atoms with Crippen molar-refractivity contribution in [2.45, 2.75) is 13.2 Å². The Morgan fingerprint density at radius 3 is 2.62 bits per heavy atom. The summed E-state index contributed by atoms with van der Waals surface area (Å²) in [7, 11) is 0. The van der Waals surface area contributed by atoms with Gasteiger partial charge in [-0.2, -0.15) is 0 Å². The van der Waals surface area contributed by atoms with Crippen molar-refractivity contribution in [2.24, 2.45) is 5.73 Å². The van der Waals surface area contributed by atoms with E-state index in [1.165, 1.54) is 24.3 Å². The Morgan fingerprint density at radius 2 is 2.00 bits per heavy atom. The van der Waals surface area contributed by atoms with Crippen molar-refractivity contribution < 1.29 is 14.1 Å². The van der Waals surface area contributed by atoms with Crippen LogP contribution in [-0.2, 0) is 13.2 Å². The second-order valence-electron chi connectivity index (χ2n) is 4.33. The molecule has 0 saturated carbocycles. The Morgan fingerprint density at radius 1 is 1.24 bits per heavy atom. The monoisotopic (exact) mass is 354 g/mol. The molecule has 0 aliphatic rings. The molecular weight excluding hydrogens is 343 g/mol. The van der Waals surface area contributed by atoms with Crippen molar-refractivity contribution in [3.8, 4) is 5.75 Å². The van der Waals surface area contributed by atoms with Crippen molar-refractivity contribution in [2.75, 3.05) is 0 Å². The maximum Gasteiger partial charge on any atom is 0.311 e. The first-order valence-electron chi connectivity index (χ1n) is 6.04. The fourth-order valence-corrected chi connectivity index (χ4v) is 2.32. The van der Waals surface area contributed by atoms with E-state index in [0.717, 1.165) is 0 Å². The lowest BCUT2D eigenvalue weighted by atomic mass is 10.2. The summed E-state index contributed by atoms with van der Waals surface area (Å²) in [4.78, 5) is 10.5. The summed E-state index contributed by atoms with van der Waals surface area (Å²) in [6.07, 6.45) is 0. The summed E-state index contributed by atoms with van der Waals surface area (Å²) in [5.74, 6) is -0.284. The third kappa shape index (κ3) is 3.99. The Labute approximate surface area is 128 Å². The minimum absolute atomic E-state index is 0.0270. The Bertz CT molecular complexity index is 659. The molecule has 0 atom stereocenters. The minimum Gasteiger partial charge on any atom is -0.482 e. The van der Waals surface area contributed by atoms with E-state index in [1.807, 2.05) is 0 Å². The molecule has 0 heterocycles. The van der Waals surface area contributed by atoms with E-state index in [-0.39, 0.29) is 24.6 Å². The van der Waals surface area contributed by atoms with Crippen LogP contribution in [0.25, 0.3) is 0 Å². The van der Waals surface area contributed by atoms with Gasteiger partial charge in [0.05, 0.1) is 4.92 Å². The van der Waals surface area contributed by atoms with Crippen LogP contribution in [0.3, 0.4) is 0 Å². The van der Waals surface area contributed by atoms with Crippen molar-refractivity contribution in [3.63, 3.8) is 0 Å². The summed E-state index contributed by atoms with van der Waals surface area (Å²) in [5, 5.41) is 11.0. The molecule has 0 amide bonds. The normalized spacial score (nSPS) is 10.4. The van der Waals surface area contributed by atoms with Gasteiger partial charge in [0.15, 0.2) is 5.75 Å². The van der Waals surface area contributed by atoms with Gasteiger partial charge in [-0.3, -0.25) is 10.1 Å². The number of nitro benzene ring substituents is 1. The molecule has 2 rings (SSSR count). The van der Waals surface area contributed by atoms with E-state index >= 15 is 0 Å². The van der Waals surface area contributed by atoms with Gasteiger partial charge in [-0.25, -0.2) is 4.39 Å². The molecular formula is C14H12BrFN2O3. The van der Waals surface area contributed by atoms with Gasteiger partial charge in [-0.1, -0.05) is 22.0 Å². The average molecular weight is 355 g/mol. The number of nitrogens with zero attached hydrogens (tertiary/aromatic N) is 1. The van der Waals surface area contributed by atoms with Crippen LogP contribution in [0.15, 0.2) is 40.9 Å². The highest BCUT2D eigenvalue weighted by Gasteiger charge is 2.16. The van der Waals surface area contributed by atoms with Crippen LogP contribution in [0.2, 0.25) is 0 Å². The minimum atomic E-state index is -0.532. The molecule has 2 N–H and O–H groups in total. The maximum atomic E-state index is 13.3. The molecule has 0 radical (unpaired) electrons. The summed E-state index contributed by atoms with van der Waals surface area (Å²) < 4.78 is 19.3. The van der Waals surface area contributed by atoms with Gasteiger partial charge in [0.2, 0.25) is 0 Å². The third-order valence-corrected chi connectivity index (χ3v) is 3.23. The van der Waals surface area contributed by atoms with Crippen molar-refractivity contribution in [1.29, 1.82) is 0 Å². The number of hydrogen-bond donors (Lipinski definition) is 1. The second-order valence-corrected chi connectivity index (χ2v) is 5.25. The number of ether oxygens (including phenoxy) is 1. The summed E-state index contributed by atoms with van der Waals surface area (Å²) in [6, 6.07) is 8.84. The number of nitro groups is 1. The highest BCUT2D eigenvalue weighted by Crippen LogP contribution is 2.29. The molecule has 7 heteroatoms. The SMILES string of the molecule is NCc1ccc(OCc2cc(F)cc(Br)c2)c([N+](=O)[O-])c1. The largest absolute Gasteiger partial charge is 0.482 e. The fourth-order valence-electron chi connectivity index (χ4n) is 1.81. The number of nitrogens with two attached hydrogens (primary N) is 1. The molecule has 0 aromatic heterocycles. The lowest BCUT2D eigenvalue weighted by Crippen LogP contribution is -2.02. The van der Waals surface area contributed by atoms with Crippen LogP contribution in [0.5, 0.6) is 5.75 Å². The summed E-state index contributed by atoms with van der Waals surface area (Å²) in [5.41, 5.74) is 6.51. The van der Waals surface area contributed by atoms with Crippen molar-refractivity contribution >= 4 is 21.6 Å². The fraction of sp³-hybridized carbons (Fsp3) is 0.143. The van der Waals surface area contributed by atoms with Gasteiger partial charge in [0.1, 0.15) is 12.4 Å². The Kier molecular flexibility index (Phi) is 4.87. The van der Waals surface area contributed by atoms with Crippen molar-refractivity contribution in [3.05, 3.63) is 67.9 Å². The lowest BCUT2D eigenvalue weighted by Gasteiger charge is -2.08. The van der Waals surface area contributed by atoms with E-state index in [9.17, 15) is 14.5 Å². The quantitative estimate of drug-likeness (QED) is 0.657. The van der Waals surface area contributed by atoms with E-state index < -0.39 is 10.7 Å². The smallest absolute Gasteiger partial charge is 0.311 e. The number of hydrogen-bond acceptors (Lipinski definition) is 4. The molecule has 0 saturated heterocycles. The molecule has 0 aliphatic carbocycles. The maximum absolute atomic E-state index is 13.3. The summed E-state index contributed by atoms with van der Waals surface area (Å²) >= 11 is 3.18. The van der Waals surface area contributed by atoms with Crippen LogP contribution in [0.4, 0.5) is 10.1 Å². The summed E-state index contributed by atoms with van der Waals surface area (Å²) in [6.45, 7) is 0.233. The Hall–Kier alpha value is -1.99. The molecule has 2 aromatic rings. The first-order chi connectivity index (χ1) is 9.99. The highest BCUT2D eigenvalue weighted by molar-refractivity contribution is 9.10. The zero-order chi connectivity index (χ0) is 15.4. The second kappa shape index (κ2) is 6.64. The van der Waals surface area contributed by atoms with Crippen LogP contribution in [-0.4, -0.2) is 4.92 Å². The van der Waals surface area contributed by atoms with Gasteiger partial charge in [-0.05, 0) is 35.4 Å². The molecule has 0 aliphatic heterocycles. The molecule has 0 spiro atoms. The standard InChI is InChI=1S/C14H12BrFN2O3/c15-11-3-10(4-12(16)6-11)8-21-14-2-1-9(7-17)5-13(14)18(19)20/h1-6H,7-8,17H2. The van der Waals surface area contributed by atoms with Crippen LogP contribution >= 0.6 is 15.9 Å². The average Bonchev–Trinajstić information content (AvgIpc) is 2.43. The van der Waals surface area contributed by atoms with Crippen LogP contribution < -0.4 is 10.5 Å². The first kappa shape index (κ1) is 15.4. The zero-order valence-corrected chi connectivity index (χ0v) is 12.5. The van der Waals surface area contributed by atoms with Gasteiger partial charge in [0, 0.05) is 17.1 Å². The Balaban J connectivity index is 2.21. The van der Waals surface area contributed by atoms with Gasteiger partial charge in [-0.15, -0.1) is 0 Å². The zero-order valence-electron chi connectivity index (χ0n) is 10.9. The van der Waals surface area contributed by atoms with E-state index in [4.69, 9.17) is 10.5 Å². The van der Waals surface area contributed by atoms with E-state index in [1.54, 1.807) is 12.1 Å². The molecule has 0 unspecified atom stereocenters. The highest BCUT2D eigenvalue weighted by atomic mass is 79.9. The number of rotatable bonds is 5. The number of halogens is 2. The van der Waals surface area contributed by atoms with Gasteiger partial charge in [0.25, 0.3) is 0 Å². The topological polar surface area (TPSA) is 78.4 Å². The predicted molar refractivity (Wildman–Crippen MR) is 79.4 cm³/mol. The van der Waals surface area contributed by atoms with Crippen LogP contribution in [0.1, 0.15) is 11.1 Å². The van der Waals surface area contributed by atoms with E-state index in [2.05, 4.69) is 15.9 Å².